The van der Waals surface area contributed by atoms with Crippen LogP contribution in [-0.2, 0) is 57.4 Å². The Kier molecular flexibility index (Phi) is 29.8. The monoisotopic (exact) mass is 1540 g/mol. The molecular formula is C88H110N6O18. The number of rotatable bonds is 32. The van der Waals surface area contributed by atoms with Crippen molar-refractivity contribution < 1.29 is 86.6 Å². The van der Waals surface area contributed by atoms with Crippen LogP contribution in [0, 0.1) is 46.3 Å². The Morgan fingerprint density at radius 1 is 0.473 bits per heavy atom. The van der Waals surface area contributed by atoms with Crippen LogP contribution in [0.5, 0.6) is 23.0 Å². The predicted octanol–water partition coefficient (Wildman–Crippen LogP) is 13.7. The number of carbonyl (C=O) groups is 10. The summed E-state index contributed by atoms with van der Waals surface area (Å²) in [5, 5.41) is 32.8. The summed E-state index contributed by atoms with van der Waals surface area (Å²) >= 11 is 0. The number of pyridine rings is 2. The van der Waals surface area contributed by atoms with Crippen LogP contribution in [0.2, 0.25) is 0 Å². The van der Waals surface area contributed by atoms with Crippen LogP contribution in [0.3, 0.4) is 0 Å². The van der Waals surface area contributed by atoms with Gasteiger partial charge in [-0.3, -0.25) is 38.4 Å². The number of amides is 4. The van der Waals surface area contributed by atoms with Crippen LogP contribution in [0.25, 0.3) is 44.3 Å². The van der Waals surface area contributed by atoms with Gasteiger partial charge in [0.2, 0.25) is 23.6 Å². The number of esters is 2. The molecule has 24 nitrogen and oxygen atoms in total. The number of aliphatic carboxylic acids is 2. The summed E-state index contributed by atoms with van der Waals surface area (Å²) in [5.74, 6) is -8.19. The number of carboxylic acids is 2. The summed E-state index contributed by atoms with van der Waals surface area (Å²) in [6, 6.07) is 29.8. The van der Waals surface area contributed by atoms with Crippen molar-refractivity contribution in [3.05, 3.63) is 132 Å². The highest BCUT2D eigenvalue weighted by Gasteiger charge is 2.45. The van der Waals surface area contributed by atoms with E-state index in [2.05, 4.69) is 21.3 Å². The zero-order chi connectivity index (χ0) is 81.1. The van der Waals surface area contributed by atoms with Crippen molar-refractivity contribution >= 4 is 80.9 Å². The molecule has 6 N–H and O–H groups in total. The molecule has 2 fully saturated rings. The molecule has 10 atom stereocenters. The molecule has 4 aromatic carbocycles. The predicted molar refractivity (Wildman–Crippen MR) is 424 cm³/mol. The maximum atomic E-state index is 14.4. The number of aromatic nitrogens is 2. The van der Waals surface area contributed by atoms with E-state index in [4.69, 9.17) is 38.4 Å². The van der Waals surface area contributed by atoms with Gasteiger partial charge in [0.15, 0.2) is 0 Å². The minimum atomic E-state index is -1.10. The molecule has 600 valence electrons. The molecule has 0 bridgehead atoms. The highest BCUT2D eigenvalue weighted by atomic mass is 16.5. The zero-order valence-electron chi connectivity index (χ0n) is 66.5. The Balaban J connectivity index is 0.000000257. The molecule has 4 amide bonds. The second-order valence-electron chi connectivity index (χ2n) is 32.0. The van der Waals surface area contributed by atoms with Gasteiger partial charge in [-0.25, -0.2) is 19.6 Å². The topological polar surface area (TPSA) is 340 Å². The Bertz CT molecular complexity index is 4140. The van der Waals surface area contributed by atoms with Crippen LogP contribution in [0.15, 0.2) is 132 Å². The van der Waals surface area contributed by atoms with Gasteiger partial charge in [0.05, 0.1) is 74.5 Å². The van der Waals surface area contributed by atoms with E-state index in [0.717, 1.165) is 75.3 Å². The summed E-state index contributed by atoms with van der Waals surface area (Å²) in [5.41, 5.74) is 2.85. The number of Topliss-reactive ketones (excluding diaryl/α,β-unsaturated/α-hetero) is 2. The van der Waals surface area contributed by atoms with E-state index in [-0.39, 0.29) is 48.7 Å². The summed E-state index contributed by atoms with van der Waals surface area (Å²) in [4.78, 5) is 145. The largest absolute Gasteiger partial charge is 0.497 e. The lowest BCUT2D eigenvalue weighted by Crippen LogP contribution is -2.58. The van der Waals surface area contributed by atoms with Crippen molar-refractivity contribution in [1.82, 2.24) is 31.2 Å². The van der Waals surface area contributed by atoms with Crippen LogP contribution in [0.4, 0.5) is 0 Å². The minimum Gasteiger partial charge on any atom is -0.497 e. The average Bonchev–Trinajstić information content (AvgIpc) is 1.42. The molecule has 24 heteroatoms. The quantitative estimate of drug-likeness (QED) is 0.0214. The van der Waals surface area contributed by atoms with Gasteiger partial charge in [-0.1, -0.05) is 167 Å². The number of nitrogens with one attached hydrogen (secondary N) is 4. The zero-order valence-corrected chi connectivity index (χ0v) is 66.5. The molecule has 4 aliphatic carbocycles. The van der Waals surface area contributed by atoms with E-state index >= 15 is 0 Å². The van der Waals surface area contributed by atoms with E-state index < -0.39 is 130 Å². The third-order valence-electron chi connectivity index (χ3n) is 21.8. The number of carbonyl (C=O) groups excluding carboxylic acids is 8. The fraction of sp³-hybridized carbons (Fsp3) is 0.500. The van der Waals surface area contributed by atoms with E-state index in [1.165, 1.54) is 14.2 Å². The van der Waals surface area contributed by atoms with Gasteiger partial charge in [0, 0.05) is 83.0 Å². The molecule has 0 unspecified atom stereocenters. The SMILES string of the molecule is CCC[C@H](CC(=O)[C@@H]1C[C@@H](Oc2cc(-c3ccccc3)nc3cc(OC)ccc23)C=C1C(=O)N[C@H](C(=O)N[C@H](C(=O)OC)C1CCCCC1)C(C)(C)C)C(=O)O.CCC[C@H](CC(=O)[C@H]1C[C@H](Oc2cc(-c3ccccc3)nc3cc(OC)ccc23)C=C1C(=O)N[C@H](C(=O)N[C@H](C(=O)OC)C1CCCCC1)C(C)(C)C)C(=O)O. The third-order valence-corrected chi connectivity index (χ3v) is 21.8. The summed E-state index contributed by atoms with van der Waals surface area (Å²) in [6.45, 7) is 14.5. The second kappa shape index (κ2) is 39.1. The van der Waals surface area contributed by atoms with Crippen molar-refractivity contribution in [1.29, 1.82) is 0 Å². The number of carboxylic acid groups (broad SMARTS) is 2. The van der Waals surface area contributed by atoms with Gasteiger partial charge in [-0.05, 0) is 97.6 Å². The summed E-state index contributed by atoms with van der Waals surface area (Å²) in [7, 11) is 5.73. The van der Waals surface area contributed by atoms with Crippen molar-refractivity contribution in [2.45, 2.75) is 207 Å². The van der Waals surface area contributed by atoms with Crippen LogP contribution in [-0.4, -0.2) is 144 Å². The standard InChI is InChI=1S/2C44H55N3O9/c2*1-7-14-28(42(51)52)21-36(48)32-22-30(56-37-25-34(26-15-10-8-11-16-26)45-35-24-29(54-5)19-20-31(35)37)23-33(32)40(49)47-39(44(2,3)4)41(50)46-38(43(53)55-6)27-17-12-9-13-18-27/h2*8,10-11,15-16,19-20,23-25,27-28,30,32,38-39H,7,9,12-14,17-18,21-22H2,1-6H3,(H,46,50)(H,47,49)(H,51,52)/t28-,30+,32+,38+,39-;28-,30-,32-,38+,39-/m11/s1. The van der Waals surface area contributed by atoms with Gasteiger partial charge in [0.1, 0.15) is 70.9 Å². The van der Waals surface area contributed by atoms with Gasteiger partial charge < -0.3 is 59.9 Å². The number of fused-ring (bicyclic) bond motifs is 2. The van der Waals surface area contributed by atoms with Gasteiger partial charge in [0.25, 0.3) is 0 Å². The lowest BCUT2D eigenvalue weighted by atomic mass is 9.82. The van der Waals surface area contributed by atoms with Gasteiger partial charge >= 0.3 is 23.9 Å². The molecule has 10 rings (SSSR count). The Labute approximate surface area is 655 Å². The molecule has 112 heavy (non-hydrogen) atoms. The Morgan fingerprint density at radius 2 is 0.830 bits per heavy atom. The summed E-state index contributed by atoms with van der Waals surface area (Å²) in [6.07, 6.45) is 12.1. The maximum Gasteiger partial charge on any atom is 0.328 e. The lowest BCUT2D eigenvalue weighted by molar-refractivity contribution is -0.148. The number of ether oxygens (including phenoxy) is 6. The molecule has 0 saturated heterocycles. The normalized spacial score (nSPS) is 18.9. The van der Waals surface area contributed by atoms with Crippen LogP contribution < -0.4 is 40.2 Å². The lowest BCUT2D eigenvalue weighted by Gasteiger charge is -2.34. The maximum absolute atomic E-state index is 14.4. The first kappa shape index (κ1) is 85.5. The number of nitrogens with zero attached hydrogens (tertiary/aromatic N) is 2. The Hall–Kier alpha value is -10.5. The first-order valence-electron chi connectivity index (χ1n) is 39.2. The average molecular weight is 1540 g/mol. The highest BCUT2D eigenvalue weighted by molar-refractivity contribution is 6.06. The minimum absolute atomic E-state index is 0.0825. The van der Waals surface area contributed by atoms with E-state index in [1.54, 1.807) is 92.2 Å². The van der Waals surface area contributed by atoms with Crippen molar-refractivity contribution in [2.24, 2.45) is 46.3 Å². The number of hydrogen-bond acceptors (Lipinski definition) is 18. The molecule has 6 aromatic rings. The van der Waals surface area contributed by atoms with Crippen LogP contribution >= 0.6 is 0 Å². The second-order valence-corrected chi connectivity index (χ2v) is 32.0. The van der Waals surface area contributed by atoms with Gasteiger partial charge in [-0.2, -0.15) is 0 Å². The molecule has 0 spiro atoms. The highest BCUT2D eigenvalue weighted by Crippen LogP contribution is 2.41. The number of hydrogen-bond donors (Lipinski definition) is 6. The molecular weight excluding hydrogens is 1430 g/mol. The smallest absolute Gasteiger partial charge is 0.328 e. The summed E-state index contributed by atoms with van der Waals surface area (Å²) < 4.78 is 34.3. The van der Waals surface area contributed by atoms with Crippen LogP contribution in [0.1, 0.15) is 171 Å². The number of methoxy groups -OCH3 is 4. The fourth-order valence-corrected chi connectivity index (χ4v) is 15.6. The van der Waals surface area contributed by atoms with Crippen molar-refractivity contribution in [3.8, 4) is 45.5 Å². The van der Waals surface area contributed by atoms with E-state index in [0.29, 0.717) is 81.9 Å². The van der Waals surface area contributed by atoms with Crippen molar-refractivity contribution in [3.63, 3.8) is 0 Å². The molecule has 0 radical (unpaired) electrons. The van der Waals surface area contributed by atoms with E-state index in [9.17, 15) is 58.2 Å². The van der Waals surface area contributed by atoms with Crippen molar-refractivity contribution in [2.75, 3.05) is 28.4 Å². The molecule has 2 heterocycles. The number of benzene rings is 4. The molecule has 2 saturated carbocycles. The molecule has 0 aliphatic heterocycles. The first-order valence-corrected chi connectivity index (χ1v) is 39.2. The molecule has 2 aromatic heterocycles. The Morgan fingerprint density at radius 3 is 1.14 bits per heavy atom. The fourth-order valence-electron chi connectivity index (χ4n) is 15.6. The first-order chi connectivity index (χ1) is 53.5. The third kappa shape index (κ3) is 22.0. The molecule has 4 aliphatic rings. The van der Waals surface area contributed by atoms with E-state index in [1.807, 2.05) is 98.8 Å². The van der Waals surface area contributed by atoms with Gasteiger partial charge in [-0.15, -0.1) is 0 Å². The number of ketones is 2.